The lowest BCUT2D eigenvalue weighted by molar-refractivity contribution is 0.0492. The Kier molecular flexibility index (Phi) is 5.37. The van der Waals surface area contributed by atoms with Crippen LogP contribution in [0.2, 0.25) is 0 Å². The summed E-state index contributed by atoms with van der Waals surface area (Å²) < 4.78 is 24.5. The molecule has 1 aliphatic carbocycles. The summed E-state index contributed by atoms with van der Waals surface area (Å²) in [5.41, 5.74) is 0. The Morgan fingerprint density at radius 3 is 2.06 bits per heavy atom. The van der Waals surface area contributed by atoms with Crippen molar-refractivity contribution < 1.29 is 8.78 Å². The second-order valence-electron chi connectivity index (χ2n) is 6.12. The standard InChI is InChI=1S/C14H26F2N2/c1-12-2-4-13(5-3-12)10-17-6-8-18(9-7-17)11-14(15)16/h12-14H,2-11H2,1H3. The maximum atomic E-state index is 12.3. The Morgan fingerprint density at radius 1 is 0.944 bits per heavy atom. The zero-order valence-electron chi connectivity index (χ0n) is 11.5. The molecule has 2 rings (SSSR count). The van der Waals surface area contributed by atoms with Crippen LogP contribution in [-0.2, 0) is 0 Å². The lowest BCUT2D eigenvalue weighted by Gasteiger charge is -2.37. The molecule has 0 aromatic heterocycles. The summed E-state index contributed by atoms with van der Waals surface area (Å²) in [6.07, 6.45) is 3.28. The first kappa shape index (κ1) is 14.2. The molecule has 0 aromatic rings. The minimum atomic E-state index is -2.18. The predicted octanol–water partition coefficient (Wildman–Crippen LogP) is 2.70. The van der Waals surface area contributed by atoms with Gasteiger partial charge in [0.25, 0.3) is 6.43 Å². The molecule has 2 nitrogen and oxygen atoms in total. The van der Waals surface area contributed by atoms with Crippen LogP contribution in [0.15, 0.2) is 0 Å². The molecule has 0 bridgehead atoms. The van der Waals surface area contributed by atoms with Crippen molar-refractivity contribution in [1.82, 2.24) is 9.80 Å². The number of hydrogen-bond acceptors (Lipinski definition) is 2. The van der Waals surface area contributed by atoms with Gasteiger partial charge in [-0.1, -0.05) is 19.8 Å². The Balaban J connectivity index is 1.64. The highest BCUT2D eigenvalue weighted by molar-refractivity contribution is 4.77. The van der Waals surface area contributed by atoms with Crippen molar-refractivity contribution in [2.75, 3.05) is 39.3 Å². The zero-order valence-corrected chi connectivity index (χ0v) is 11.5. The Labute approximate surface area is 109 Å². The minimum absolute atomic E-state index is 0.0468. The summed E-state index contributed by atoms with van der Waals surface area (Å²) in [6.45, 7) is 7.06. The maximum Gasteiger partial charge on any atom is 0.251 e. The molecular weight excluding hydrogens is 234 g/mol. The first-order valence-corrected chi connectivity index (χ1v) is 7.36. The first-order valence-electron chi connectivity index (χ1n) is 7.36. The highest BCUT2D eigenvalue weighted by Crippen LogP contribution is 2.28. The predicted molar refractivity (Wildman–Crippen MR) is 70.0 cm³/mol. The monoisotopic (exact) mass is 260 g/mol. The van der Waals surface area contributed by atoms with Crippen LogP contribution in [0.4, 0.5) is 8.78 Å². The molecule has 0 atom stereocenters. The second-order valence-corrected chi connectivity index (χ2v) is 6.12. The molecule has 1 saturated carbocycles. The number of nitrogens with zero attached hydrogens (tertiary/aromatic N) is 2. The molecule has 106 valence electrons. The van der Waals surface area contributed by atoms with Crippen LogP contribution in [0.25, 0.3) is 0 Å². The summed E-state index contributed by atoms with van der Waals surface area (Å²) in [7, 11) is 0. The van der Waals surface area contributed by atoms with Gasteiger partial charge in [0.05, 0.1) is 6.54 Å². The average Bonchev–Trinajstić information content (AvgIpc) is 2.34. The fraction of sp³-hybridized carbons (Fsp3) is 1.00. The van der Waals surface area contributed by atoms with Gasteiger partial charge in [0.15, 0.2) is 0 Å². The van der Waals surface area contributed by atoms with E-state index in [-0.39, 0.29) is 6.54 Å². The van der Waals surface area contributed by atoms with E-state index in [1.165, 1.54) is 32.2 Å². The summed E-state index contributed by atoms with van der Waals surface area (Å²) in [4.78, 5) is 4.37. The van der Waals surface area contributed by atoms with Gasteiger partial charge in [0, 0.05) is 32.7 Å². The molecule has 18 heavy (non-hydrogen) atoms. The van der Waals surface area contributed by atoms with Crippen LogP contribution in [-0.4, -0.2) is 55.5 Å². The third-order valence-corrected chi connectivity index (χ3v) is 4.51. The average molecular weight is 260 g/mol. The Bertz CT molecular complexity index is 232. The molecule has 0 N–H and O–H groups in total. The van der Waals surface area contributed by atoms with E-state index in [9.17, 15) is 8.78 Å². The van der Waals surface area contributed by atoms with E-state index in [2.05, 4.69) is 11.8 Å². The van der Waals surface area contributed by atoms with E-state index >= 15 is 0 Å². The van der Waals surface area contributed by atoms with Crippen molar-refractivity contribution in [2.24, 2.45) is 11.8 Å². The number of halogens is 2. The largest absolute Gasteiger partial charge is 0.301 e. The van der Waals surface area contributed by atoms with Gasteiger partial charge in [-0.15, -0.1) is 0 Å². The van der Waals surface area contributed by atoms with Gasteiger partial charge < -0.3 is 4.90 Å². The molecular formula is C14H26F2N2. The fourth-order valence-electron chi connectivity index (χ4n) is 3.23. The molecule has 2 fully saturated rings. The van der Waals surface area contributed by atoms with Crippen LogP contribution in [0, 0.1) is 11.8 Å². The molecule has 1 saturated heterocycles. The smallest absolute Gasteiger partial charge is 0.251 e. The van der Waals surface area contributed by atoms with Crippen LogP contribution >= 0.6 is 0 Å². The summed E-state index contributed by atoms with van der Waals surface area (Å²) in [5, 5.41) is 0. The van der Waals surface area contributed by atoms with E-state index in [4.69, 9.17) is 0 Å². The van der Waals surface area contributed by atoms with Crippen molar-refractivity contribution in [3.8, 4) is 0 Å². The van der Waals surface area contributed by atoms with Crippen LogP contribution in [0.1, 0.15) is 32.6 Å². The summed E-state index contributed by atoms with van der Waals surface area (Å²) >= 11 is 0. The normalized spacial score (nSPS) is 32.0. The van der Waals surface area contributed by atoms with Crippen molar-refractivity contribution >= 4 is 0 Å². The Hall–Kier alpha value is -0.220. The molecule has 1 aliphatic heterocycles. The molecule has 0 aromatic carbocycles. The highest BCUT2D eigenvalue weighted by Gasteiger charge is 2.24. The van der Waals surface area contributed by atoms with Gasteiger partial charge in [0.2, 0.25) is 0 Å². The SMILES string of the molecule is CC1CCC(CN2CCN(CC(F)F)CC2)CC1. The molecule has 0 radical (unpaired) electrons. The van der Waals surface area contributed by atoms with Gasteiger partial charge in [-0.2, -0.15) is 0 Å². The molecule has 4 heteroatoms. The van der Waals surface area contributed by atoms with Crippen LogP contribution in [0.3, 0.4) is 0 Å². The van der Waals surface area contributed by atoms with E-state index in [1.807, 2.05) is 4.90 Å². The topological polar surface area (TPSA) is 6.48 Å². The lowest BCUT2D eigenvalue weighted by atomic mass is 9.83. The second kappa shape index (κ2) is 6.80. The third-order valence-electron chi connectivity index (χ3n) is 4.51. The van der Waals surface area contributed by atoms with E-state index in [1.54, 1.807) is 0 Å². The van der Waals surface area contributed by atoms with E-state index in [0.717, 1.165) is 38.0 Å². The molecule has 0 spiro atoms. The minimum Gasteiger partial charge on any atom is -0.301 e. The molecule has 1 heterocycles. The maximum absolute atomic E-state index is 12.3. The van der Waals surface area contributed by atoms with Gasteiger partial charge in [-0.05, 0) is 24.7 Å². The van der Waals surface area contributed by atoms with Crippen molar-refractivity contribution in [1.29, 1.82) is 0 Å². The number of piperazine rings is 1. The number of rotatable bonds is 4. The number of hydrogen-bond donors (Lipinski definition) is 0. The molecule has 0 unspecified atom stereocenters. The quantitative estimate of drug-likeness (QED) is 0.767. The summed E-state index contributed by atoms with van der Waals surface area (Å²) in [6, 6.07) is 0. The zero-order chi connectivity index (χ0) is 13.0. The van der Waals surface area contributed by atoms with Crippen LogP contribution < -0.4 is 0 Å². The molecule has 0 amide bonds. The van der Waals surface area contributed by atoms with Gasteiger partial charge in [-0.3, -0.25) is 4.90 Å². The van der Waals surface area contributed by atoms with E-state index < -0.39 is 6.43 Å². The third kappa shape index (κ3) is 4.47. The fourth-order valence-corrected chi connectivity index (χ4v) is 3.23. The highest BCUT2D eigenvalue weighted by atomic mass is 19.3. The molecule has 2 aliphatic rings. The van der Waals surface area contributed by atoms with Gasteiger partial charge >= 0.3 is 0 Å². The Morgan fingerprint density at radius 2 is 1.50 bits per heavy atom. The van der Waals surface area contributed by atoms with Gasteiger partial charge in [0.1, 0.15) is 0 Å². The lowest BCUT2D eigenvalue weighted by Crippen LogP contribution is -2.49. The van der Waals surface area contributed by atoms with Crippen LogP contribution in [0.5, 0.6) is 0 Å². The van der Waals surface area contributed by atoms with Gasteiger partial charge in [-0.25, -0.2) is 8.78 Å². The number of alkyl halides is 2. The van der Waals surface area contributed by atoms with Crippen molar-refractivity contribution in [2.45, 2.75) is 39.0 Å². The van der Waals surface area contributed by atoms with Crippen molar-refractivity contribution in [3.63, 3.8) is 0 Å². The van der Waals surface area contributed by atoms with Crippen molar-refractivity contribution in [3.05, 3.63) is 0 Å². The first-order chi connectivity index (χ1) is 8.63. The van der Waals surface area contributed by atoms with E-state index in [0.29, 0.717) is 0 Å². The summed E-state index contributed by atoms with van der Waals surface area (Å²) in [5.74, 6) is 1.76.